The molecule has 3 rings (SSSR count). The van der Waals surface area contributed by atoms with Crippen LogP contribution < -0.4 is 0 Å². The first kappa shape index (κ1) is 17.4. The third-order valence-electron chi connectivity index (χ3n) is 4.77. The number of sulfone groups is 1. The number of benzene rings is 2. The Kier molecular flexibility index (Phi) is 5.90. The molecule has 0 spiro atoms. The quantitative estimate of drug-likeness (QED) is 0.710. The van der Waals surface area contributed by atoms with Crippen LogP contribution in [-0.2, 0) is 9.84 Å². The molecule has 2 aromatic carbocycles. The van der Waals surface area contributed by atoms with E-state index in [2.05, 4.69) is 11.3 Å². The monoisotopic (exact) mass is 344 g/mol. The molecule has 0 atom stereocenters. The summed E-state index contributed by atoms with van der Waals surface area (Å²) in [6, 6.07) is 13.2. The van der Waals surface area contributed by atoms with Gasteiger partial charge in [0.25, 0.3) is 0 Å². The second-order valence-electron chi connectivity index (χ2n) is 6.56. The molecule has 0 aromatic heterocycles. The van der Waals surface area contributed by atoms with E-state index in [9.17, 15) is 8.42 Å². The van der Waals surface area contributed by atoms with Crippen LogP contribution >= 0.6 is 0 Å². The molecule has 129 valence electrons. The van der Waals surface area contributed by atoms with Crippen molar-refractivity contribution in [3.63, 3.8) is 0 Å². The Balaban J connectivity index is 1.54. The van der Waals surface area contributed by atoms with Crippen LogP contribution in [0.15, 0.2) is 47.4 Å². The molecule has 0 N–H and O–H groups in total. The summed E-state index contributed by atoms with van der Waals surface area (Å²) in [7, 11) is -3.21. The molecule has 0 saturated carbocycles. The number of hydrogen-bond donors (Lipinski definition) is 0. The molecule has 24 heavy (non-hydrogen) atoms. The Hall–Kier alpha value is -1.39. The van der Waals surface area contributed by atoms with Gasteiger partial charge in [-0.2, -0.15) is 0 Å². The van der Waals surface area contributed by atoms with E-state index in [1.54, 1.807) is 6.07 Å². The molecule has 1 aliphatic rings. The van der Waals surface area contributed by atoms with Gasteiger partial charge in [0, 0.05) is 5.39 Å². The summed E-state index contributed by atoms with van der Waals surface area (Å²) in [4.78, 5) is 2.96. The highest BCUT2D eigenvalue weighted by Gasteiger charge is 2.17. The Morgan fingerprint density at radius 3 is 2.46 bits per heavy atom. The molecule has 0 aliphatic carbocycles. The van der Waals surface area contributed by atoms with E-state index in [1.165, 1.54) is 12.8 Å². The van der Waals surface area contributed by atoms with Gasteiger partial charge in [-0.3, -0.25) is 0 Å². The highest BCUT2D eigenvalue weighted by molar-refractivity contribution is 7.91. The smallest absolute Gasteiger partial charge is 0.178 e. The second-order valence-corrected chi connectivity index (χ2v) is 8.64. The molecule has 4 heteroatoms. The maximum atomic E-state index is 12.7. The van der Waals surface area contributed by atoms with Crippen LogP contribution in [-0.4, -0.2) is 38.7 Å². The lowest BCUT2D eigenvalue weighted by Crippen LogP contribution is -2.30. The Morgan fingerprint density at radius 2 is 1.62 bits per heavy atom. The molecule has 0 unspecified atom stereocenters. The largest absolute Gasteiger partial charge is 0.303 e. The normalized spacial score (nSPS) is 16.5. The van der Waals surface area contributed by atoms with E-state index < -0.39 is 9.84 Å². The maximum Gasteiger partial charge on any atom is 0.178 e. The van der Waals surface area contributed by atoms with Gasteiger partial charge in [0.2, 0.25) is 0 Å². The van der Waals surface area contributed by atoms with Crippen LogP contribution in [0.5, 0.6) is 0 Å². The van der Waals surface area contributed by atoms with Crippen LogP contribution in [0.25, 0.3) is 10.8 Å². The lowest BCUT2D eigenvalue weighted by molar-refractivity contribution is 0.249. The van der Waals surface area contributed by atoms with Gasteiger partial charge in [-0.25, -0.2) is 8.42 Å². The molecule has 1 aliphatic heterocycles. The van der Waals surface area contributed by atoms with Crippen LogP contribution in [0.1, 0.15) is 32.1 Å². The number of nitrogens with zero attached hydrogens (tertiary/aromatic N) is 1. The summed E-state index contributed by atoms with van der Waals surface area (Å²) in [6.07, 6.45) is 7.54. The van der Waals surface area contributed by atoms with Crippen LogP contribution in [0, 0.1) is 6.42 Å². The number of likely N-dealkylation sites (tertiary alicyclic amines) is 1. The third kappa shape index (κ3) is 4.37. The summed E-state index contributed by atoms with van der Waals surface area (Å²) in [5.41, 5.74) is 0. The van der Waals surface area contributed by atoms with Crippen LogP contribution in [0.3, 0.4) is 0 Å². The summed E-state index contributed by atoms with van der Waals surface area (Å²) in [5, 5.41) is 1.82. The van der Waals surface area contributed by atoms with Gasteiger partial charge >= 0.3 is 0 Å². The van der Waals surface area contributed by atoms with Crippen molar-refractivity contribution < 1.29 is 8.42 Å². The molecule has 1 heterocycles. The predicted molar refractivity (Wildman–Crippen MR) is 99.8 cm³/mol. The first-order valence-electron chi connectivity index (χ1n) is 8.91. The predicted octanol–water partition coefficient (Wildman–Crippen LogP) is 4.08. The summed E-state index contributed by atoms with van der Waals surface area (Å²) < 4.78 is 25.4. The molecule has 0 bridgehead atoms. The van der Waals surface area contributed by atoms with E-state index in [0.29, 0.717) is 4.90 Å². The number of piperidine rings is 1. The molecule has 2 aromatic rings. The number of fused-ring (bicyclic) bond motifs is 1. The SMILES string of the molecule is O=S(=O)(CCCCCN1CC[CH]CC1)c1cccc2ccccc12. The molecule has 3 nitrogen and oxygen atoms in total. The molecule has 0 amide bonds. The third-order valence-corrected chi connectivity index (χ3v) is 6.62. The fourth-order valence-corrected chi connectivity index (χ4v) is 5.02. The van der Waals surface area contributed by atoms with E-state index in [4.69, 9.17) is 0 Å². The number of hydrogen-bond acceptors (Lipinski definition) is 3. The Labute approximate surface area is 145 Å². The fourth-order valence-electron chi connectivity index (χ4n) is 3.41. The van der Waals surface area contributed by atoms with Crippen molar-refractivity contribution in [1.82, 2.24) is 4.90 Å². The zero-order valence-electron chi connectivity index (χ0n) is 14.2. The number of unbranched alkanes of at least 4 members (excludes halogenated alkanes) is 2. The summed E-state index contributed by atoms with van der Waals surface area (Å²) in [5.74, 6) is 0.245. The van der Waals surface area contributed by atoms with Gasteiger partial charge in [-0.05, 0) is 63.2 Å². The van der Waals surface area contributed by atoms with E-state index in [1.807, 2.05) is 36.4 Å². The van der Waals surface area contributed by atoms with Crippen molar-refractivity contribution in [3.05, 3.63) is 48.9 Å². The van der Waals surface area contributed by atoms with Gasteiger partial charge in [-0.1, -0.05) is 42.8 Å². The first-order valence-corrected chi connectivity index (χ1v) is 10.6. The standard InChI is InChI=1S/C20H26NO2S/c22-24(23,17-8-2-7-16-21-14-5-1-6-15-21)20-13-9-11-18-10-3-4-12-19(18)20/h1,3-4,9-13H,2,5-8,14-17H2. The molecule has 1 radical (unpaired) electrons. The average Bonchev–Trinajstić information content (AvgIpc) is 2.62. The summed E-state index contributed by atoms with van der Waals surface area (Å²) >= 11 is 0. The molecule has 1 saturated heterocycles. The van der Waals surface area contributed by atoms with Crippen molar-refractivity contribution in [1.29, 1.82) is 0 Å². The minimum Gasteiger partial charge on any atom is -0.303 e. The van der Waals surface area contributed by atoms with Crippen LogP contribution in [0.4, 0.5) is 0 Å². The van der Waals surface area contributed by atoms with Gasteiger partial charge in [0.15, 0.2) is 9.84 Å². The zero-order valence-corrected chi connectivity index (χ0v) is 15.0. The van der Waals surface area contributed by atoms with Crippen molar-refractivity contribution >= 4 is 20.6 Å². The molecular formula is C20H26NO2S. The van der Waals surface area contributed by atoms with E-state index in [0.717, 1.165) is 49.7 Å². The average molecular weight is 344 g/mol. The topological polar surface area (TPSA) is 37.4 Å². The van der Waals surface area contributed by atoms with Crippen molar-refractivity contribution in [2.75, 3.05) is 25.4 Å². The van der Waals surface area contributed by atoms with Gasteiger partial charge < -0.3 is 4.90 Å². The fraction of sp³-hybridized carbons (Fsp3) is 0.450. The van der Waals surface area contributed by atoms with Gasteiger partial charge in [0.05, 0.1) is 10.6 Å². The lowest BCUT2D eigenvalue weighted by atomic mass is 10.1. The van der Waals surface area contributed by atoms with Gasteiger partial charge in [-0.15, -0.1) is 0 Å². The Morgan fingerprint density at radius 1 is 0.875 bits per heavy atom. The summed E-state index contributed by atoms with van der Waals surface area (Å²) in [6.45, 7) is 3.42. The van der Waals surface area contributed by atoms with Crippen LogP contribution in [0.2, 0.25) is 0 Å². The molecule has 1 fully saturated rings. The van der Waals surface area contributed by atoms with Crippen molar-refractivity contribution in [3.8, 4) is 0 Å². The maximum absolute atomic E-state index is 12.7. The molecular weight excluding hydrogens is 318 g/mol. The minimum atomic E-state index is -3.21. The van der Waals surface area contributed by atoms with E-state index in [-0.39, 0.29) is 5.75 Å². The van der Waals surface area contributed by atoms with Crippen molar-refractivity contribution in [2.24, 2.45) is 0 Å². The zero-order chi connectivity index (χ0) is 16.8. The second kappa shape index (κ2) is 8.13. The van der Waals surface area contributed by atoms with Gasteiger partial charge in [0.1, 0.15) is 0 Å². The number of rotatable bonds is 7. The highest BCUT2D eigenvalue weighted by atomic mass is 32.2. The lowest BCUT2D eigenvalue weighted by Gasteiger charge is -2.26. The van der Waals surface area contributed by atoms with E-state index >= 15 is 0 Å². The van der Waals surface area contributed by atoms with Crippen molar-refractivity contribution in [2.45, 2.75) is 37.0 Å². The Bertz CT molecular complexity index is 759. The first-order chi connectivity index (χ1) is 11.7. The highest BCUT2D eigenvalue weighted by Crippen LogP contribution is 2.24. The minimum absolute atomic E-state index is 0.245.